The standard InChI is InChI=1S/C14H16N2O/c1-3-11-6-4-5-7-13(11)17-14-10(2)8-12(15)9-16-14/h4-9H,3,15H2,1-2H3. The highest BCUT2D eigenvalue weighted by atomic mass is 16.5. The van der Waals surface area contributed by atoms with E-state index in [0.29, 0.717) is 11.6 Å². The van der Waals surface area contributed by atoms with Gasteiger partial charge in [-0.05, 0) is 31.0 Å². The number of nitrogen functional groups attached to an aromatic ring is 1. The number of nitrogens with two attached hydrogens (primary N) is 1. The fourth-order valence-corrected chi connectivity index (χ4v) is 1.69. The number of ether oxygens (including phenoxy) is 1. The maximum atomic E-state index is 5.82. The molecule has 3 heteroatoms. The summed E-state index contributed by atoms with van der Waals surface area (Å²) in [6.07, 6.45) is 2.54. The molecule has 0 aliphatic heterocycles. The van der Waals surface area contributed by atoms with Crippen LogP contribution in [0.25, 0.3) is 0 Å². The minimum Gasteiger partial charge on any atom is -0.438 e. The van der Waals surface area contributed by atoms with Crippen LogP contribution in [0.2, 0.25) is 0 Å². The summed E-state index contributed by atoms with van der Waals surface area (Å²) < 4.78 is 5.82. The van der Waals surface area contributed by atoms with Crippen molar-refractivity contribution in [1.82, 2.24) is 4.98 Å². The van der Waals surface area contributed by atoms with Gasteiger partial charge in [-0.1, -0.05) is 25.1 Å². The zero-order valence-corrected chi connectivity index (χ0v) is 10.1. The minimum absolute atomic E-state index is 0.611. The van der Waals surface area contributed by atoms with Gasteiger partial charge in [-0.25, -0.2) is 4.98 Å². The summed E-state index contributed by atoms with van der Waals surface area (Å²) in [6.45, 7) is 4.04. The second-order valence-corrected chi connectivity index (χ2v) is 3.95. The Morgan fingerprint density at radius 3 is 2.76 bits per heavy atom. The van der Waals surface area contributed by atoms with Gasteiger partial charge in [0.15, 0.2) is 0 Å². The molecule has 0 radical (unpaired) electrons. The second kappa shape index (κ2) is 4.87. The number of hydrogen-bond donors (Lipinski definition) is 1. The Morgan fingerprint density at radius 1 is 1.29 bits per heavy atom. The Hall–Kier alpha value is -2.03. The van der Waals surface area contributed by atoms with E-state index >= 15 is 0 Å². The van der Waals surface area contributed by atoms with E-state index in [2.05, 4.69) is 18.0 Å². The number of hydrogen-bond acceptors (Lipinski definition) is 3. The quantitative estimate of drug-likeness (QED) is 0.876. The predicted molar refractivity (Wildman–Crippen MR) is 69.3 cm³/mol. The highest BCUT2D eigenvalue weighted by Gasteiger charge is 2.06. The predicted octanol–water partition coefficient (Wildman–Crippen LogP) is 3.33. The van der Waals surface area contributed by atoms with Crippen LogP contribution in [-0.2, 0) is 6.42 Å². The van der Waals surface area contributed by atoms with Crippen LogP contribution in [0.1, 0.15) is 18.1 Å². The lowest BCUT2D eigenvalue weighted by molar-refractivity contribution is 0.454. The first-order chi connectivity index (χ1) is 8.20. The number of nitrogens with zero attached hydrogens (tertiary/aromatic N) is 1. The van der Waals surface area contributed by atoms with Crippen LogP contribution >= 0.6 is 0 Å². The second-order valence-electron chi connectivity index (χ2n) is 3.95. The molecule has 0 fully saturated rings. The normalized spacial score (nSPS) is 10.2. The molecule has 0 amide bonds. The van der Waals surface area contributed by atoms with Gasteiger partial charge in [0.1, 0.15) is 5.75 Å². The van der Waals surface area contributed by atoms with Crippen molar-refractivity contribution in [1.29, 1.82) is 0 Å². The van der Waals surface area contributed by atoms with Crippen molar-refractivity contribution in [2.24, 2.45) is 0 Å². The van der Waals surface area contributed by atoms with Gasteiger partial charge < -0.3 is 10.5 Å². The van der Waals surface area contributed by atoms with E-state index in [1.165, 1.54) is 5.56 Å². The molecule has 0 unspecified atom stereocenters. The molecule has 0 aliphatic rings. The van der Waals surface area contributed by atoms with E-state index in [-0.39, 0.29) is 0 Å². The molecule has 0 saturated heterocycles. The van der Waals surface area contributed by atoms with Crippen LogP contribution in [0.15, 0.2) is 36.5 Å². The van der Waals surface area contributed by atoms with E-state index in [0.717, 1.165) is 17.7 Å². The largest absolute Gasteiger partial charge is 0.438 e. The summed E-state index contributed by atoms with van der Waals surface area (Å²) in [6, 6.07) is 9.84. The molecule has 0 bridgehead atoms. The maximum absolute atomic E-state index is 5.82. The number of aromatic nitrogens is 1. The lowest BCUT2D eigenvalue weighted by atomic mass is 10.1. The Bertz CT molecular complexity index is 523. The van der Waals surface area contributed by atoms with E-state index in [1.807, 2.05) is 31.2 Å². The van der Waals surface area contributed by atoms with Crippen LogP contribution in [0.3, 0.4) is 0 Å². The topological polar surface area (TPSA) is 48.1 Å². The molecule has 2 rings (SSSR count). The van der Waals surface area contributed by atoms with Crippen LogP contribution in [0.5, 0.6) is 11.6 Å². The van der Waals surface area contributed by atoms with E-state index in [1.54, 1.807) is 6.20 Å². The van der Waals surface area contributed by atoms with Crippen molar-refractivity contribution in [3.63, 3.8) is 0 Å². The first kappa shape index (κ1) is 11.5. The maximum Gasteiger partial charge on any atom is 0.222 e. The van der Waals surface area contributed by atoms with Gasteiger partial charge in [-0.3, -0.25) is 0 Å². The van der Waals surface area contributed by atoms with Crippen molar-refractivity contribution in [3.8, 4) is 11.6 Å². The summed E-state index contributed by atoms with van der Waals surface area (Å²) in [5.74, 6) is 1.47. The Labute approximate surface area is 101 Å². The first-order valence-electron chi connectivity index (χ1n) is 5.68. The molecule has 0 spiro atoms. The molecule has 88 valence electrons. The fourth-order valence-electron chi connectivity index (χ4n) is 1.69. The highest BCUT2D eigenvalue weighted by molar-refractivity contribution is 5.44. The zero-order chi connectivity index (χ0) is 12.3. The monoisotopic (exact) mass is 228 g/mol. The summed E-state index contributed by atoms with van der Waals surface area (Å²) in [5, 5.41) is 0. The number of anilines is 1. The Kier molecular flexibility index (Phi) is 3.28. The third-order valence-corrected chi connectivity index (χ3v) is 2.61. The van der Waals surface area contributed by atoms with Gasteiger partial charge in [0.05, 0.1) is 11.9 Å². The molecule has 0 saturated carbocycles. The summed E-state index contributed by atoms with van der Waals surface area (Å²) >= 11 is 0. The third kappa shape index (κ3) is 2.56. The van der Waals surface area contributed by atoms with Crippen LogP contribution in [0.4, 0.5) is 5.69 Å². The van der Waals surface area contributed by atoms with Crippen molar-refractivity contribution in [2.45, 2.75) is 20.3 Å². The molecule has 1 aromatic heterocycles. The molecule has 2 N–H and O–H groups in total. The van der Waals surface area contributed by atoms with Crippen LogP contribution in [0, 0.1) is 6.92 Å². The van der Waals surface area contributed by atoms with Gasteiger partial charge in [-0.2, -0.15) is 0 Å². The molecule has 3 nitrogen and oxygen atoms in total. The highest BCUT2D eigenvalue weighted by Crippen LogP contribution is 2.26. The smallest absolute Gasteiger partial charge is 0.222 e. The first-order valence-corrected chi connectivity index (χ1v) is 5.68. The van der Waals surface area contributed by atoms with Gasteiger partial charge in [0, 0.05) is 5.56 Å². The van der Waals surface area contributed by atoms with Gasteiger partial charge in [0.25, 0.3) is 0 Å². The molecule has 1 heterocycles. The van der Waals surface area contributed by atoms with Crippen molar-refractivity contribution >= 4 is 5.69 Å². The van der Waals surface area contributed by atoms with Crippen LogP contribution in [-0.4, -0.2) is 4.98 Å². The molecule has 2 aromatic rings. The SMILES string of the molecule is CCc1ccccc1Oc1ncc(N)cc1C. The summed E-state index contributed by atoms with van der Waals surface area (Å²) in [7, 11) is 0. The number of pyridine rings is 1. The average Bonchev–Trinajstić information content (AvgIpc) is 2.33. The van der Waals surface area contributed by atoms with Crippen molar-refractivity contribution in [3.05, 3.63) is 47.7 Å². The third-order valence-electron chi connectivity index (χ3n) is 2.61. The number of aryl methyl sites for hydroxylation is 2. The lowest BCUT2D eigenvalue weighted by Gasteiger charge is -2.11. The molecule has 17 heavy (non-hydrogen) atoms. The minimum atomic E-state index is 0.611. The lowest BCUT2D eigenvalue weighted by Crippen LogP contribution is -1.96. The number of para-hydroxylation sites is 1. The summed E-state index contributed by atoms with van der Waals surface area (Å²) in [4.78, 5) is 4.20. The Morgan fingerprint density at radius 2 is 2.06 bits per heavy atom. The average molecular weight is 228 g/mol. The number of rotatable bonds is 3. The zero-order valence-electron chi connectivity index (χ0n) is 10.1. The molecule has 0 aliphatic carbocycles. The van der Waals surface area contributed by atoms with E-state index in [4.69, 9.17) is 10.5 Å². The number of benzene rings is 1. The molecule has 0 atom stereocenters. The van der Waals surface area contributed by atoms with Gasteiger partial charge in [-0.15, -0.1) is 0 Å². The van der Waals surface area contributed by atoms with Crippen molar-refractivity contribution in [2.75, 3.05) is 5.73 Å². The molecular formula is C14H16N2O. The van der Waals surface area contributed by atoms with E-state index < -0.39 is 0 Å². The van der Waals surface area contributed by atoms with Crippen molar-refractivity contribution < 1.29 is 4.74 Å². The van der Waals surface area contributed by atoms with Crippen LogP contribution < -0.4 is 10.5 Å². The van der Waals surface area contributed by atoms with Gasteiger partial charge in [0.2, 0.25) is 5.88 Å². The van der Waals surface area contributed by atoms with E-state index in [9.17, 15) is 0 Å². The molecule has 1 aromatic carbocycles. The summed E-state index contributed by atoms with van der Waals surface area (Å²) in [5.41, 5.74) is 8.42. The Balaban J connectivity index is 2.31. The van der Waals surface area contributed by atoms with Gasteiger partial charge >= 0.3 is 0 Å². The fraction of sp³-hybridized carbons (Fsp3) is 0.214. The molecular weight excluding hydrogens is 212 g/mol.